The fraction of sp³-hybridized carbons (Fsp3) is 0.667. The molecule has 2 N–H and O–H groups in total. The first-order valence-electron chi connectivity index (χ1n) is 8.20. The van der Waals surface area contributed by atoms with Crippen LogP contribution in [0.3, 0.4) is 0 Å². The Balaban J connectivity index is 1.74. The predicted molar refractivity (Wildman–Crippen MR) is 78.7 cm³/mol. The molecular weight excluding hydrogens is 267 g/mol. The second-order valence-corrected chi connectivity index (χ2v) is 7.52. The Labute approximate surface area is 125 Å². The van der Waals surface area contributed by atoms with Gasteiger partial charge in [0.15, 0.2) is 11.6 Å². The van der Waals surface area contributed by atoms with E-state index in [9.17, 15) is 14.6 Å². The van der Waals surface area contributed by atoms with E-state index >= 15 is 0 Å². The molecule has 0 bridgehead atoms. The van der Waals surface area contributed by atoms with Gasteiger partial charge in [-0.3, -0.25) is 0 Å². The van der Waals surface area contributed by atoms with Crippen LogP contribution >= 0.6 is 0 Å². The van der Waals surface area contributed by atoms with Crippen LogP contribution in [0.2, 0.25) is 0 Å². The van der Waals surface area contributed by atoms with E-state index < -0.39 is 5.82 Å². The van der Waals surface area contributed by atoms with Gasteiger partial charge in [0, 0.05) is 0 Å². The number of phenols is 1. The smallest absolute Gasteiger partial charge is 0.168 e. The van der Waals surface area contributed by atoms with E-state index in [1.165, 1.54) is 6.07 Å². The molecule has 0 radical (unpaired) electrons. The molecule has 0 aromatic heterocycles. The highest BCUT2D eigenvalue weighted by Gasteiger charge is 2.54. The van der Waals surface area contributed by atoms with Crippen molar-refractivity contribution in [2.75, 3.05) is 0 Å². The molecule has 3 aliphatic carbocycles. The van der Waals surface area contributed by atoms with Crippen molar-refractivity contribution in [3.05, 3.63) is 29.1 Å². The Morgan fingerprint density at radius 2 is 2.00 bits per heavy atom. The van der Waals surface area contributed by atoms with Gasteiger partial charge in [0.2, 0.25) is 0 Å². The van der Waals surface area contributed by atoms with Gasteiger partial charge in [-0.05, 0) is 78.9 Å². The molecule has 3 heteroatoms. The topological polar surface area (TPSA) is 40.5 Å². The second kappa shape index (κ2) is 4.45. The normalized spacial score (nSPS) is 41.3. The fourth-order valence-corrected chi connectivity index (χ4v) is 5.58. The summed E-state index contributed by atoms with van der Waals surface area (Å²) < 4.78 is 14.2. The molecule has 0 unspecified atom stereocenters. The van der Waals surface area contributed by atoms with Crippen molar-refractivity contribution in [2.45, 2.75) is 57.5 Å². The fourth-order valence-electron chi connectivity index (χ4n) is 5.58. The number of aliphatic hydroxyl groups excluding tert-OH is 1. The SMILES string of the molecule is C[C@]12CC[C@@H]3c4ccc(O)c(F)c4CC[C@@H]3[C@@H]1CC[C@@H]2O. The van der Waals surface area contributed by atoms with E-state index in [2.05, 4.69) is 6.92 Å². The standard InChI is InChI=1S/C18H23FO2/c1-18-9-8-11-10-4-6-15(20)17(19)13(10)3-2-12(11)14(18)5-7-16(18)21/h4,6,11-12,14,16,20-21H,2-3,5,7-9H2,1H3/t11-,12+,14+,16+,18+/m1/s1. The third-order valence-corrected chi connectivity index (χ3v) is 6.77. The summed E-state index contributed by atoms with van der Waals surface area (Å²) in [7, 11) is 0. The molecule has 2 nitrogen and oxygen atoms in total. The molecule has 4 rings (SSSR count). The van der Waals surface area contributed by atoms with Gasteiger partial charge in [0.1, 0.15) is 0 Å². The van der Waals surface area contributed by atoms with Gasteiger partial charge in [0.25, 0.3) is 0 Å². The van der Waals surface area contributed by atoms with Crippen molar-refractivity contribution in [3.8, 4) is 5.75 Å². The summed E-state index contributed by atoms with van der Waals surface area (Å²) in [6.07, 6.45) is 5.63. The Morgan fingerprint density at radius 1 is 1.19 bits per heavy atom. The first kappa shape index (κ1) is 13.6. The second-order valence-electron chi connectivity index (χ2n) is 7.52. The number of hydrogen-bond donors (Lipinski definition) is 2. The number of fused-ring (bicyclic) bond motifs is 5. The third kappa shape index (κ3) is 1.73. The molecule has 0 amide bonds. The minimum atomic E-state index is -0.411. The zero-order valence-corrected chi connectivity index (χ0v) is 12.5. The maximum atomic E-state index is 14.2. The molecular formula is C18H23FO2. The van der Waals surface area contributed by atoms with Crippen LogP contribution in [-0.4, -0.2) is 16.3 Å². The summed E-state index contributed by atoms with van der Waals surface area (Å²) in [6, 6.07) is 3.44. The van der Waals surface area contributed by atoms with Crippen LogP contribution in [0, 0.1) is 23.1 Å². The minimum absolute atomic E-state index is 0.0636. The lowest BCUT2D eigenvalue weighted by molar-refractivity contribution is -0.0227. The summed E-state index contributed by atoms with van der Waals surface area (Å²) in [6.45, 7) is 2.25. The molecule has 0 spiro atoms. The molecule has 2 saturated carbocycles. The van der Waals surface area contributed by atoms with E-state index in [-0.39, 0.29) is 17.3 Å². The van der Waals surface area contributed by atoms with E-state index in [0.29, 0.717) is 17.8 Å². The van der Waals surface area contributed by atoms with Crippen LogP contribution < -0.4 is 0 Å². The molecule has 0 saturated heterocycles. The maximum Gasteiger partial charge on any atom is 0.168 e. The molecule has 3 aliphatic rings. The molecule has 114 valence electrons. The van der Waals surface area contributed by atoms with Gasteiger partial charge < -0.3 is 10.2 Å². The monoisotopic (exact) mass is 290 g/mol. The average Bonchev–Trinajstić information content (AvgIpc) is 2.78. The molecule has 2 fully saturated rings. The summed E-state index contributed by atoms with van der Waals surface area (Å²) in [5.74, 6) is 0.913. The van der Waals surface area contributed by atoms with Crippen molar-refractivity contribution in [1.29, 1.82) is 0 Å². The van der Waals surface area contributed by atoms with Crippen molar-refractivity contribution in [3.63, 3.8) is 0 Å². The van der Waals surface area contributed by atoms with Gasteiger partial charge >= 0.3 is 0 Å². The van der Waals surface area contributed by atoms with Gasteiger partial charge in [-0.25, -0.2) is 4.39 Å². The first-order valence-corrected chi connectivity index (χ1v) is 8.20. The number of rotatable bonds is 0. The summed E-state index contributed by atoms with van der Waals surface area (Å²) in [5.41, 5.74) is 1.91. The van der Waals surface area contributed by atoms with Crippen molar-refractivity contribution < 1.29 is 14.6 Å². The molecule has 0 heterocycles. The number of phenolic OH excluding ortho intramolecular Hbond substituents is 1. The van der Waals surface area contributed by atoms with Crippen molar-refractivity contribution in [1.82, 2.24) is 0 Å². The summed E-state index contributed by atoms with van der Waals surface area (Å²) in [4.78, 5) is 0. The lowest BCUT2D eigenvalue weighted by Crippen LogP contribution is -2.44. The lowest BCUT2D eigenvalue weighted by atomic mass is 9.55. The first-order chi connectivity index (χ1) is 10.0. The molecule has 21 heavy (non-hydrogen) atoms. The number of benzene rings is 1. The highest BCUT2D eigenvalue weighted by atomic mass is 19.1. The van der Waals surface area contributed by atoms with Crippen LogP contribution in [-0.2, 0) is 6.42 Å². The number of aliphatic hydroxyl groups is 1. The highest BCUT2D eigenvalue weighted by Crippen LogP contribution is 2.61. The quantitative estimate of drug-likeness (QED) is 0.764. The van der Waals surface area contributed by atoms with Crippen LogP contribution in [0.5, 0.6) is 5.75 Å². The van der Waals surface area contributed by atoms with Gasteiger partial charge in [-0.1, -0.05) is 13.0 Å². The van der Waals surface area contributed by atoms with Crippen LogP contribution in [0.15, 0.2) is 12.1 Å². The average molecular weight is 290 g/mol. The molecule has 0 aliphatic heterocycles. The van der Waals surface area contributed by atoms with E-state index in [0.717, 1.165) is 49.7 Å². The van der Waals surface area contributed by atoms with Gasteiger partial charge in [-0.15, -0.1) is 0 Å². The van der Waals surface area contributed by atoms with Crippen LogP contribution in [0.25, 0.3) is 0 Å². The van der Waals surface area contributed by atoms with Crippen molar-refractivity contribution in [2.24, 2.45) is 17.3 Å². The minimum Gasteiger partial charge on any atom is -0.505 e. The zero-order chi connectivity index (χ0) is 14.8. The van der Waals surface area contributed by atoms with Crippen LogP contribution in [0.4, 0.5) is 4.39 Å². The van der Waals surface area contributed by atoms with Gasteiger partial charge in [0.05, 0.1) is 6.10 Å². The Morgan fingerprint density at radius 3 is 2.81 bits per heavy atom. The lowest BCUT2D eigenvalue weighted by Gasteiger charge is -2.50. The summed E-state index contributed by atoms with van der Waals surface area (Å²) >= 11 is 0. The van der Waals surface area contributed by atoms with Crippen molar-refractivity contribution >= 4 is 0 Å². The molecule has 1 aromatic carbocycles. The number of hydrogen-bond acceptors (Lipinski definition) is 2. The maximum absolute atomic E-state index is 14.2. The van der Waals surface area contributed by atoms with E-state index in [4.69, 9.17) is 0 Å². The Bertz CT molecular complexity index is 585. The van der Waals surface area contributed by atoms with E-state index in [1.807, 2.05) is 6.07 Å². The molecule has 5 atom stereocenters. The number of aromatic hydroxyl groups is 1. The number of halogens is 1. The predicted octanol–water partition coefficient (Wildman–Crippen LogP) is 3.75. The summed E-state index contributed by atoms with van der Waals surface area (Å²) in [5, 5.41) is 19.9. The van der Waals surface area contributed by atoms with Gasteiger partial charge in [-0.2, -0.15) is 0 Å². The third-order valence-electron chi connectivity index (χ3n) is 6.77. The Hall–Kier alpha value is -1.09. The van der Waals surface area contributed by atoms with Crippen LogP contribution in [0.1, 0.15) is 56.1 Å². The van der Waals surface area contributed by atoms with E-state index in [1.54, 1.807) is 0 Å². The largest absolute Gasteiger partial charge is 0.505 e. The Kier molecular flexibility index (Phi) is 2.88. The zero-order valence-electron chi connectivity index (χ0n) is 12.5. The highest BCUT2D eigenvalue weighted by molar-refractivity contribution is 5.41. The molecule has 1 aromatic rings.